The number of hydrogen-bond donors (Lipinski definition) is 0. The molecular weight excluding hydrogens is 707 g/mol. The van der Waals surface area contributed by atoms with E-state index in [4.69, 9.17) is 15.0 Å². The van der Waals surface area contributed by atoms with Crippen molar-refractivity contribution in [1.29, 1.82) is 0 Å². The zero-order valence-electron chi connectivity index (χ0n) is 31.3. The van der Waals surface area contributed by atoms with Crippen LogP contribution in [-0.2, 0) is 0 Å². The lowest BCUT2D eigenvalue weighted by atomic mass is 9.98. The van der Waals surface area contributed by atoms with E-state index < -0.39 is 0 Å². The van der Waals surface area contributed by atoms with Crippen LogP contribution >= 0.6 is 0 Å². The summed E-state index contributed by atoms with van der Waals surface area (Å²) in [6, 6.07) is 71.0. The Morgan fingerprint density at radius 1 is 0.293 bits per heavy atom. The summed E-state index contributed by atoms with van der Waals surface area (Å²) < 4.78 is 4.79. The standard InChI is InChI=1S/C53H33N5/c1-3-16-35(17-4-1)51-54-52(37-28-27-34-15-7-8-18-36(34)31-37)56-53(55-51)44-33-49-50(43-24-10-9-21-40(43)44)45-32-39(29-30-48(45)57(49)38-19-5-2-6-20-38)58-46-25-13-11-22-41(46)42-23-12-14-26-47(42)58/h1-33H. The molecule has 0 bridgehead atoms. The Hall–Kier alpha value is -7.89. The van der Waals surface area contributed by atoms with Gasteiger partial charge in [-0.3, -0.25) is 0 Å². The van der Waals surface area contributed by atoms with Crippen molar-refractivity contribution in [3.05, 3.63) is 200 Å². The van der Waals surface area contributed by atoms with Gasteiger partial charge in [0.1, 0.15) is 0 Å². The topological polar surface area (TPSA) is 48.5 Å². The Morgan fingerprint density at radius 3 is 1.59 bits per heavy atom. The molecule has 9 aromatic carbocycles. The SMILES string of the molecule is c1ccc(-c2nc(-c3ccc4ccccc4c3)nc(-c3cc4c(c5ccccc35)c3cc(-n5c6ccccc6c6ccccc65)ccc3n4-c3ccccc3)n2)cc1. The molecule has 0 saturated carbocycles. The molecule has 0 radical (unpaired) electrons. The van der Waals surface area contributed by atoms with Gasteiger partial charge in [0.2, 0.25) is 0 Å². The first-order valence-electron chi connectivity index (χ1n) is 19.6. The second kappa shape index (κ2) is 12.8. The molecule has 0 fully saturated rings. The molecule has 0 saturated heterocycles. The lowest BCUT2D eigenvalue weighted by Crippen LogP contribution is -2.01. The van der Waals surface area contributed by atoms with Crippen LogP contribution in [0.5, 0.6) is 0 Å². The lowest BCUT2D eigenvalue weighted by Gasteiger charge is -2.13. The molecule has 5 heteroatoms. The van der Waals surface area contributed by atoms with E-state index in [9.17, 15) is 0 Å². The highest BCUT2D eigenvalue weighted by molar-refractivity contribution is 6.24. The highest BCUT2D eigenvalue weighted by atomic mass is 15.0. The van der Waals surface area contributed by atoms with Crippen molar-refractivity contribution in [2.45, 2.75) is 0 Å². The fourth-order valence-electron chi connectivity index (χ4n) is 8.92. The molecule has 0 N–H and O–H groups in total. The third-order valence-electron chi connectivity index (χ3n) is 11.5. The van der Waals surface area contributed by atoms with Crippen LogP contribution in [0.15, 0.2) is 200 Å². The number of aromatic nitrogens is 5. The van der Waals surface area contributed by atoms with Gasteiger partial charge in [-0.25, -0.2) is 15.0 Å². The average molecular weight is 740 g/mol. The molecule has 0 aliphatic heterocycles. The van der Waals surface area contributed by atoms with E-state index in [2.05, 4.69) is 191 Å². The Morgan fingerprint density at radius 2 is 0.845 bits per heavy atom. The number of para-hydroxylation sites is 3. The van der Waals surface area contributed by atoms with Crippen molar-refractivity contribution in [2.24, 2.45) is 0 Å². The molecule has 0 amide bonds. The van der Waals surface area contributed by atoms with E-state index in [0.717, 1.165) is 55.3 Å². The predicted octanol–water partition coefficient (Wildman–Crippen LogP) is 13.4. The minimum Gasteiger partial charge on any atom is -0.309 e. The molecule has 0 spiro atoms. The smallest absolute Gasteiger partial charge is 0.164 e. The maximum atomic E-state index is 5.29. The van der Waals surface area contributed by atoms with E-state index in [0.29, 0.717) is 17.5 Å². The second-order valence-corrected chi connectivity index (χ2v) is 14.8. The van der Waals surface area contributed by atoms with Crippen LogP contribution < -0.4 is 0 Å². The number of rotatable bonds is 5. The van der Waals surface area contributed by atoms with Crippen LogP contribution in [0, 0.1) is 0 Å². The van der Waals surface area contributed by atoms with Gasteiger partial charge in [0, 0.05) is 49.6 Å². The molecule has 0 aliphatic carbocycles. The van der Waals surface area contributed by atoms with E-state index in [1.165, 1.54) is 38.0 Å². The van der Waals surface area contributed by atoms with Crippen molar-refractivity contribution >= 4 is 65.2 Å². The average Bonchev–Trinajstić information content (AvgIpc) is 3.81. The van der Waals surface area contributed by atoms with Crippen molar-refractivity contribution in [2.75, 3.05) is 0 Å². The fraction of sp³-hybridized carbons (Fsp3) is 0. The minimum absolute atomic E-state index is 0.631. The van der Waals surface area contributed by atoms with Gasteiger partial charge in [0.25, 0.3) is 0 Å². The van der Waals surface area contributed by atoms with Crippen LogP contribution in [0.2, 0.25) is 0 Å². The molecule has 12 rings (SSSR count). The summed E-state index contributed by atoms with van der Waals surface area (Å²) in [7, 11) is 0. The van der Waals surface area contributed by atoms with Gasteiger partial charge in [-0.2, -0.15) is 0 Å². The third-order valence-corrected chi connectivity index (χ3v) is 11.5. The highest BCUT2D eigenvalue weighted by Crippen LogP contribution is 2.43. The van der Waals surface area contributed by atoms with Crippen LogP contribution in [0.1, 0.15) is 0 Å². The van der Waals surface area contributed by atoms with Gasteiger partial charge in [-0.1, -0.05) is 146 Å². The first kappa shape index (κ1) is 32.4. The minimum atomic E-state index is 0.631. The number of benzene rings is 9. The van der Waals surface area contributed by atoms with E-state index in [1.807, 2.05) is 18.2 Å². The Kier molecular flexibility index (Phi) is 7.16. The normalized spacial score (nSPS) is 11.8. The van der Waals surface area contributed by atoms with Gasteiger partial charge in [-0.05, 0) is 76.1 Å². The first-order valence-corrected chi connectivity index (χ1v) is 19.6. The van der Waals surface area contributed by atoms with Crippen LogP contribution in [0.3, 0.4) is 0 Å². The van der Waals surface area contributed by atoms with Crippen LogP contribution in [0.4, 0.5) is 0 Å². The first-order chi connectivity index (χ1) is 28.8. The summed E-state index contributed by atoms with van der Waals surface area (Å²) in [5, 5.41) is 9.40. The third kappa shape index (κ3) is 5.00. The second-order valence-electron chi connectivity index (χ2n) is 14.8. The molecule has 58 heavy (non-hydrogen) atoms. The molecule has 0 aliphatic rings. The largest absolute Gasteiger partial charge is 0.309 e. The molecule has 0 atom stereocenters. The van der Waals surface area contributed by atoms with Gasteiger partial charge in [-0.15, -0.1) is 0 Å². The molecule has 12 aromatic rings. The molecule has 3 heterocycles. The van der Waals surface area contributed by atoms with Crippen molar-refractivity contribution < 1.29 is 0 Å². The zero-order chi connectivity index (χ0) is 38.2. The molecule has 270 valence electrons. The Balaban J connectivity index is 1.16. The highest BCUT2D eigenvalue weighted by Gasteiger charge is 2.22. The molecular formula is C53H33N5. The number of nitrogens with zero attached hydrogens (tertiary/aromatic N) is 5. The quantitative estimate of drug-likeness (QED) is 0.177. The Labute approximate surface area is 333 Å². The van der Waals surface area contributed by atoms with Gasteiger partial charge < -0.3 is 9.13 Å². The summed E-state index contributed by atoms with van der Waals surface area (Å²) in [6.45, 7) is 0. The molecule has 3 aromatic heterocycles. The summed E-state index contributed by atoms with van der Waals surface area (Å²) in [5.74, 6) is 1.90. The summed E-state index contributed by atoms with van der Waals surface area (Å²) in [4.78, 5) is 15.6. The van der Waals surface area contributed by atoms with E-state index >= 15 is 0 Å². The number of fused-ring (bicyclic) bond motifs is 9. The van der Waals surface area contributed by atoms with Gasteiger partial charge in [0.05, 0.1) is 22.1 Å². The molecule has 5 nitrogen and oxygen atoms in total. The van der Waals surface area contributed by atoms with Gasteiger partial charge in [0.15, 0.2) is 17.5 Å². The summed E-state index contributed by atoms with van der Waals surface area (Å²) >= 11 is 0. The van der Waals surface area contributed by atoms with Crippen LogP contribution in [-0.4, -0.2) is 24.1 Å². The number of hydrogen-bond acceptors (Lipinski definition) is 3. The van der Waals surface area contributed by atoms with Crippen LogP contribution in [0.25, 0.3) is 111 Å². The summed E-state index contributed by atoms with van der Waals surface area (Å²) in [5.41, 5.74) is 9.64. The van der Waals surface area contributed by atoms with Gasteiger partial charge >= 0.3 is 0 Å². The molecule has 0 unspecified atom stereocenters. The van der Waals surface area contributed by atoms with E-state index in [-0.39, 0.29) is 0 Å². The zero-order valence-corrected chi connectivity index (χ0v) is 31.3. The van der Waals surface area contributed by atoms with Crippen molar-refractivity contribution in [3.63, 3.8) is 0 Å². The maximum Gasteiger partial charge on any atom is 0.164 e. The fourth-order valence-corrected chi connectivity index (χ4v) is 8.92. The monoisotopic (exact) mass is 739 g/mol. The Bertz CT molecular complexity index is 3510. The van der Waals surface area contributed by atoms with Crippen molar-refractivity contribution in [3.8, 4) is 45.5 Å². The lowest BCUT2D eigenvalue weighted by molar-refractivity contribution is 1.08. The summed E-state index contributed by atoms with van der Waals surface area (Å²) in [6.07, 6.45) is 0. The van der Waals surface area contributed by atoms with Crippen molar-refractivity contribution in [1.82, 2.24) is 24.1 Å². The maximum absolute atomic E-state index is 5.29. The van der Waals surface area contributed by atoms with E-state index in [1.54, 1.807) is 0 Å². The predicted molar refractivity (Wildman–Crippen MR) is 240 cm³/mol.